The van der Waals surface area contributed by atoms with Crippen molar-refractivity contribution in [1.82, 2.24) is 9.88 Å². The second kappa shape index (κ2) is 5.26. The van der Waals surface area contributed by atoms with Gasteiger partial charge < -0.3 is 4.74 Å². The highest BCUT2D eigenvalue weighted by Crippen LogP contribution is 2.14. The topological polar surface area (TPSA) is 49.2 Å². The normalized spacial score (nSPS) is 25.5. The molecule has 2 atom stereocenters. The standard InChI is InChI=1S/C13H17N3O/c1-10-7-16(8-11(2)17-10)9-12-3-4-15-13(5-12)6-14/h3-5,10-11H,7-9H2,1-2H3/t10-,11+. The Kier molecular flexibility index (Phi) is 3.72. The van der Waals surface area contributed by atoms with E-state index in [0.29, 0.717) is 5.69 Å². The number of pyridine rings is 1. The Bertz CT molecular complexity index is 417. The zero-order chi connectivity index (χ0) is 12.3. The minimum absolute atomic E-state index is 0.274. The lowest BCUT2D eigenvalue weighted by Crippen LogP contribution is -2.44. The van der Waals surface area contributed by atoms with Crippen molar-refractivity contribution in [2.45, 2.75) is 32.6 Å². The van der Waals surface area contributed by atoms with Gasteiger partial charge in [-0.3, -0.25) is 4.90 Å². The molecular formula is C13H17N3O. The Morgan fingerprint density at radius 2 is 2.18 bits per heavy atom. The number of rotatable bonds is 2. The fraction of sp³-hybridized carbons (Fsp3) is 0.538. The Balaban J connectivity index is 2.02. The van der Waals surface area contributed by atoms with Crippen molar-refractivity contribution in [1.29, 1.82) is 5.26 Å². The third kappa shape index (κ3) is 3.26. The van der Waals surface area contributed by atoms with Gasteiger partial charge in [0.25, 0.3) is 0 Å². The smallest absolute Gasteiger partial charge is 0.140 e. The Hall–Kier alpha value is -1.44. The summed E-state index contributed by atoms with van der Waals surface area (Å²) in [6.07, 6.45) is 2.24. The van der Waals surface area contributed by atoms with Crippen molar-refractivity contribution >= 4 is 0 Å². The number of hydrogen-bond donors (Lipinski definition) is 0. The molecule has 0 saturated carbocycles. The highest BCUT2D eigenvalue weighted by molar-refractivity contribution is 5.25. The van der Waals surface area contributed by atoms with Gasteiger partial charge in [0.1, 0.15) is 11.8 Å². The maximum Gasteiger partial charge on any atom is 0.140 e. The molecule has 1 aliphatic rings. The van der Waals surface area contributed by atoms with Gasteiger partial charge in [-0.05, 0) is 31.5 Å². The SMILES string of the molecule is C[C@@H]1CN(Cc2ccnc(C#N)c2)C[C@H](C)O1. The second-order valence-corrected chi connectivity index (χ2v) is 4.61. The van der Waals surface area contributed by atoms with E-state index in [1.807, 2.05) is 12.1 Å². The summed E-state index contributed by atoms with van der Waals surface area (Å²) in [5, 5.41) is 8.81. The van der Waals surface area contributed by atoms with Gasteiger partial charge in [0.15, 0.2) is 0 Å². The van der Waals surface area contributed by atoms with Crippen LogP contribution < -0.4 is 0 Å². The molecule has 0 spiro atoms. The van der Waals surface area contributed by atoms with Crippen molar-refractivity contribution < 1.29 is 4.74 Å². The van der Waals surface area contributed by atoms with E-state index in [1.54, 1.807) is 6.20 Å². The molecule has 1 saturated heterocycles. The molecule has 2 heterocycles. The van der Waals surface area contributed by atoms with E-state index in [0.717, 1.165) is 25.2 Å². The molecule has 0 aromatic carbocycles. The number of hydrogen-bond acceptors (Lipinski definition) is 4. The average Bonchev–Trinajstić information content (AvgIpc) is 2.28. The van der Waals surface area contributed by atoms with Crippen LogP contribution in [-0.2, 0) is 11.3 Å². The van der Waals surface area contributed by atoms with Gasteiger partial charge in [-0.2, -0.15) is 5.26 Å². The zero-order valence-electron chi connectivity index (χ0n) is 10.3. The molecule has 0 aliphatic carbocycles. The molecule has 1 aliphatic heterocycles. The largest absolute Gasteiger partial charge is 0.373 e. The minimum Gasteiger partial charge on any atom is -0.373 e. The van der Waals surface area contributed by atoms with Crippen LogP contribution in [0.2, 0.25) is 0 Å². The van der Waals surface area contributed by atoms with Gasteiger partial charge in [0.2, 0.25) is 0 Å². The molecule has 0 bridgehead atoms. The van der Waals surface area contributed by atoms with Crippen LogP contribution in [-0.4, -0.2) is 35.2 Å². The summed E-state index contributed by atoms with van der Waals surface area (Å²) in [5.41, 5.74) is 1.62. The molecule has 0 unspecified atom stereocenters. The van der Waals surface area contributed by atoms with E-state index in [4.69, 9.17) is 10.00 Å². The molecule has 17 heavy (non-hydrogen) atoms. The Morgan fingerprint density at radius 1 is 1.47 bits per heavy atom. The van der Waals surface area contributed by atoms with E-state index in [1.165, 1.54) is 0 Å². The van der Waals surface area contributed by atoms with E-state index < -0.39 is 0 Å². The van der Waals surface area contributed by atoms with Gasteiger partial charge in [-0.15, -0.1) is 0 Å². The molecule has 2 rings (SSSR count). The molecule has 0 radical (unpaired) electrons. The van der Waals surface area contributed by atoms with Crippen LogP contribution in [0.1, 0.15) is 25.1 Å². The summed E-state index contributed by atoms with van der Waals surface area (Å²) in [7, 11) is 0. The summed E-state index contributed by atoms with van der Waals surface area (Å²) in [5.74, 6) is 0. The Morgan fingerprint density at radius 3 is 2.82 bits per heavy atom. The van der Waals surface area contributed by atoms with Crippen molar-refractivity contribution in [3.8, 4) is 6.07 Å². The quantitative estimate of drug-likeness (QED) is 0.775. The number of nitrogens with zero attached hydrogens (tertiary/aromatic N) is 3. The fourth-order valence-corrected chi connectivity index (χ4v) is 2.31. The summed E-state index contributed by atoms with van der Waals surface area (Å²) in [4.78, 5) is 6.33. The van der Waals surface area contributed by atoms with Crippen LogP contribution in [0.5, 0.6) is 0 Å². The number of morpholine rings is 1. The van der Waals surface area contributed by atoms with Crippen LogP contribution in [0, 0.1) is 11.3 Å². The monoisotopic (exact) mass is 231 g/mol. The van der Waals surface area contributed by atoms with Gasteiger partial charge >= 0.3 is 0 Å². The minimum atomic E-state index is 0.274. The van der Waals surface area contributed by atoms with Gasteiger partial charge in [0, 0.05) is 25.8 Å². The van der Waals surface area contributed by atoms with Crippen LogP contribution >= 0.6 is 0 Å². The van der Waals surface area contributed by atoms with Crippen molar-refractivity contribution in [2.75, 3.05) is 13.1 Å². The molecule has 1 aromatic rings. The summed E-state index contributed by atoms with van der Waals surface area (Å²) < 4.78 is 5.69. The number of ether oxygens (including phenoxy) is 1. The maximum atomic E-state index is 8.81. The zero-order valence-corrected chi connectivity index (χ0v) is 10.3. The van der Waals surface area contributed by atoms with Crippen molar-refractivity contribution in [3.05, 3.63) is 29.6 Å². The molecule has 0 amide bonds. The highest BCUT2D eigenvalue weighted by atomic mass is 16.5. The van der Waals surface area contributed by atoms with E-state index in [-0.39, 0.29) is 12.2 Å². The lowest BCUT2D eigenvalue weighted by Gasteiger charge is -2.35. The molecule has 4 nitrogen and oxygen atoms in total. The van der Waals surface area contributed by atoms with E-state index >= 15 is 0 Å². The number of aromatic nitrogens is 1. The Labute approximate surface area is 102 Å². The maximum absolute atomic E-state index is 8.81. The first-order valence-corrected chi connectivity index (χ1v) is 5.90. The predicted octanol–water partition coefficient (Wildman–Crippen LogP) is 1.56. The van der Waals surface area contributed by atoms with Crippen LogP contribution in [0.25, 0.3) is 0 Å². The van der Waals surface area contributed by atoms with E-state index in [2.05, 4.69) is 29.8 Å². The molecule has 4 heteroatoms. The summed E-state index contributed by atoms with van der Waals surface area (Å²) in [6, 6.07) is 5.88. The first-order valence-electron chi connectivity index (χ1n) is 5.90. The second-order valence-electron chi connectivity index (χ2n) is 4.61. The van der Waals surface area contributed by atoms with E-state index in [9.17, 15) is 0 Å². The van der Waals surface area contributed by atoms with Crippen molar-refractivity contribution in [3.63, 3.8) is 0 Å². The molecule has 90 valence electrons. The van der Waals surface area contributed by atoms with Gasteiger partial charge in [-0.1, -0.05) is 0 Å². The van der Waals surface area contributed by atoms with Crippen LogP contribution in [0.3, 0.4) is 0 Å². The third-order valence-corrected chi connectivity index (χ3v) is 2.84. The van der Waals surface area contributed by atoms with Crippen LogP contribution in [0.15, 0.2) is 18.3 Å². The molecule has 1 aromatic heterocycles. The third-order valence-electron chi connectivity index (χ3n) is 2.84. The lowest BCUT2D eigenvalue weighted by atomic mass is 10.1. The van der Waals surface area contributed by atoms with Gasteiger partial charge in [-0.25, -0.2) is 4.98 Å². The fourth-order valence-electron chi connectivity index (χ4n) is 2.31. The number of nitriles is 1. The van der Waals surface area contributed by atoms with Gasteiger partial charge in [0.05, 0.1) is 12.2 Å². The highest BCUT2D eigenvalue weighted by Gasteiger charge is 2.21. The summed E-state index contributed by atoms with van der Waals surface area (Å²) in [6.45, 7) is 6.92. The average molecular weight is 231 g/mol. The predicted molar refractivity (Wildman–Crippen MR) is 64.2 cm³/mol. The first-order chi connectivity index (χ1) is 8.17. The van der Waals surface area contributed by atoms with Crippen molar-refractivity contribution in [2.24, 2.45) is 0 Å². The molecule has 0 N–H and O–H groups in total. The lowest BCUT2D eigenvalue weighted by molar-refractivity contribution is -0.0704. The molecular weight excluding hydrogens is 214 g/mol. The first kappa shape index (κ1) is 12.0. The van der Waals surface area contributed by atoms with Crippen LogP contribution in [0.4, 0.5) is 0 Å². The molecule has 1 fully saturated rings. The summed E-state index contributed by atoms with van der Waals surface area (Å²) >= 11 is 0.